The predicted octanol–water partition coefficient (Wildman–Crippen LogP) is 4.78. The van der Waals surface area contributed by atoms with E-state index in [4.69, 9.17) is 14.3 Å². The van der Waals surface area contributed by atoms with E-state index in [2.05, 4.69) is 11.6 Å². The largest absolute Gasteiger partial charge is 0.494 e. The Morgan fingerprint density at radius 3 is 2.46 bits per heavy atom. The van der Waals surface area contributed by atoms with E-state index in [1.165, 1.54) is 23.9 Å². The molecule has 1 amide bonds. The van der Waals surface area contributed by atoms with Gasteiger partial charge in [-0.15, -0.1) is 6.58 Å². The van der Waals surface area contributed by atoms with Crippen molar-refractivity contribution in [2.24, 2.45) is 10.1 Å². The standard InChI is InChI=1S/C25H23N3O5S2/c1-3-15-28-24(29)23(34-25(28)27-18-7-9-19(10-8-18)32-4-2)16-20-11-14-22(33-20)17-5-12-21(13-6-17)35(26,30)31/h3,5-14,16H,1,4,15H2,2H3,(H2,26,30,31). The lowest BCUT2D eigenvalue weighted by Gasteiger charge is -2.12. The molecule has 1 fully saturated rings. The first kappa shape index (κ1) is 24.5. The lowest BCUT2D eigenvalue weighted by Crippen LogP contribution is -2.29. The Bertz CT molecular complexity index is 1410. The second kappa shape index (κ2) is 10.3. The van der Waals surface area contributed by atoms with Crippen LogP contribution in [0.1, 0.15) is 12.7 Å². The van der Waals surface area contributed by atoms with Crippen molar-refractivity contribution in [1.82, 2.24) is 4.90 Å². The van der Waals surface area contributed by atoms with Crippen molar-refractivity contribution < 1.29 is 22.4 Å². The van der Waals surface area contributed by atoms with E-state index in [0.717, 1.165) is 5.75 Å². The molecule has 35 heavy (non-hydrogen) atoms. The first-order chi connectivity index (χ1) is 16.8. The van der Waals surface area contributed by atoms with Gasteiger partial charge in [-0.25, -0.2) is 18.5 Å². The summed E-state index contributed by atoms with van der Waals surface area (Å²) in [4.78, 5) is 19.7. The number of primary sulfonamides is 1. The van der Waals surface area contributed by atoms with Gasteiger partial charge in [-0.1, -0.05) is 6.08 Å². The lowest BCUT2D eigenvalue weighted by atomic mass is 10.2. The number of nitrogens with zero attached hydrogens (tertiary/aromatic N) is 2. The number of furan rings is 1. The van der Waals surface area contributed by atoms with Gasteiger partial charge in [-0.05, 0) is 79.3 Å². The van der Waals surface area contributed by atoms with Gasteiger partial charge in [0, 0.05) is 18.2 Å². The van der Waals surface area contributed by atoms with Crippen LogP contribution in [-0.4, -0.2) is 37.5 Å². The summed E-state index contributed by atoms with van der Waals surface area (Å²) < 4.78 is 34.2. The zero-order valence-corrected chi connectivity index (χ0v) is 20.5. The average molecular weight is 510 g/mol. The van der Waals surface area contributed by atoms with Crippen LogP contribution in [-0.2, 0) is 14.8 Å². The fourth-order valence-corrected chi connectivity index (χ4v) is 4.80. The third-order valence-electron chi connectivity index (χ3n) is 4.94. The van der Waals surface area contributed by atoms with Gasteiger partial charge < -0.3 is 9.15 Å². The number of benzene rings is 2. The van der Waals surface area contributed by atoms with E-state index in [0.29, 0.717) is 46.0 Å². The third-order valence-corrected chi connectivity index (χ3v) is 6.88. The molecule has 1 aliphatic rings. The molecule has 1 aromatic heterocycles. The highest BCUT2D eigenvalue weighted by atomic mass is 32.2. The van der Waals surface area contributed by atoms with Gasteiger partial charge in [0.15, 0.2) is 5.17 Å². The molecule has 0 aliphatic carbocycles. The molecule has 2 heterocycles. The number of nitrogens with two attached hydrogens (primary N) is 1. The van der Waals surface area contributed by atoms with E-state index in [1.807, 2.05) is 31.2 Å². The summed E-state index contributed by atoms with van der Waals surface area (Å²) >= 11 is 1.25. The maximum atomic E-state index is 13.0. The van der Waals surface area contributed by atoms with E-state index >= 15 is 0 Å². The van der Waals surface area contributed by atoms with Crippen molar-refractivity contribution in [3.05, 3.63) is 84.0 Å². The number of hydrogen-bond donors (Lipinski definition) is 1. The molecule has 10 heteroatoms. The van der Waals surface area contributed by atoms with Gasteiger partial charge in [0.1, 0.15) is 17.3 Å². The molecule has 3 aromatic rings. The number of amidine groups is 1. The zero-order chi connectivity index (χ0) is 25.0. The van der Waals surface area contributed by atoms with Gasteiger partial charge in [0.2, 0.25) is 10.0 Å². The molecule has 0 radical (unpaired) electrons. The predicted molar refractivity (Wildman–Crippen MR) is 138 cm³/mol. The quantitative estimate of drug-likeness (QED) is 0.345. The Morgan fingerprint density at radius 1 is 1.11 bits per heavy atom. The number of rotatable bonds is 8. The van der Waals surface area contributed by atoms with E-state index in [1.54, 1.807) is 41.3 Å². The van der Waals surface area contributed by atoms with Crippen LogP contribution in [0.15, 0.2) is 92.5 Å². The van der Waals surface area contributed by atoms with Gasteiger partial charge in [0.25, 0.3) is 5.91 Å². The summed E-state index contributed by atoms with van der Waals surface area (Å²) in [6, 6.07) is 16.9. The zero-order valence-electron chi connectivity index (χ0n) is 18.9. The van der Waals surface area contributed by atoms with Crippen LogP contribution in [0.5, 0.6) is 5.75 Å². The van der Waals surface area contributed by atoms with Crippen LogP contribution < -0.4 is 9.88 Å². The summed E-state index contributed by atoms with van der Waals surface area (Å²) in [7, 11) is -3.77. The van der Waals surface area contributed by atoms with Crippen molar-refractivity contribution >= 4 is 44.6 Å². The van der Waals surface area contributed by atoms with Gasteiger partial charge >= 0.3 is 0 Å². The fraction of sp³-hybridized carbons (Fsp3) is 0.120. The number of amides is 1. The molecular formula is C25H23N3O5S2. The highest BCUT2D eigenvalue weighted by molar-refractivity contribution is 8.18. The van der Waals surface area contributed by atoms with Crippen LogP contribution in [0.2, 0.25) is 0 Å². The molecule has 4 rings (SSSR count). The van der Waals surface area contributed by atoms with Crippen LogP contribution >= 0.6 is 11.8 Å². The Kier molecular flexibility index (Phi) is 7.25. The number of carbonyl (C=O) groups excluding carboxylic acids is 1. The van der Waals surface area contributed by atoms with Gasteiger partial charge in [-0.2, -0.15) is 0 Å². The minimum Gasteiger partial charge on any atom is -0.494 e. The Balaban J connectivity index is 1.57. The molecule has 8 nitrogen and oxygen atoms in total. The Labute approximate surface area is 207 Å². The maximum Gasteiger partial charge on any atom is 0.267 e. The summed E-state index contributed by atoms with van der Waals surface area (Å²) in [5, 5.41) is 5.68. The number of hydrogen-bond acceptors (Lipinski definition) is 7. The molecule has 0 saturated carbocycles. The molecule has 0 spiro atoms. The highest BCUT2D eigenvalue weighted by Crippen LogP contribution is 2.35. The SMILES string of the molecule is C=CCN1C(=O)C(=Cc2ccc(-c3ccc(S(N)(=O)=O)cc3)o2)SC1=Nc1ccc(OCC)cc1. The van der Waals surface area contributed by atoms with Crippen LogP contribution in [0.4, 0.5) is 5.69 Å². The molecule has 180 valence electrons. The maximum absolute atomic E-state index is 13.0. The fourth-order valence-electron chi connectivity index (χ4n) is 3.30. The molecule has 1 saturated heterocycles. The molecule has 2 N–H and O–H groups in total. The van der Waals surface area contributed by atoms with Crippen molar-refractivity contribution in [2.45, 2.75) is 11.8 Å². The summed E-state index contributed by atoms with van der Waals surface area (Å²) in [6.07, 6.45) is 3.30. The van der Waals surface area contributed by atoms with Crippen molar-refractivity contribution in [3.8, 4) is 17.1 Å². The minimum absolute atomic E-state index is 0.0183. The second-order valence-electron chi connectivity index (χ2n) is 7.41. The molecule has 0 atom stereocenters. The number of carbonyl (C=O) groups is 1. The number of thioether (sulfide) groups is 1. The van der Waals surface area contributed by atoms with Gasteiger partial charge in [-0.3, -0.25) is 9.69 Å². The third kappa shape index (κ3) is 5.73. The van der Waals surface area contributed by atoms with Crippen LogP contribution in [0, 0.1) is 0 Å². The summed E-state index contributed by atoms with van der Waals surface area (Å²) in [5.41, 5.74) is 1.38. The normalized spacial score (nSPS) is 16.3. The van der Waals surface area contributed by atoms with Crippen molar-refractivity contribution in [2.75, 3.05) is 13.2 Å². The summed E-state index contributed by atoms with van der Waals surface area (Å²) in [5.74, 6) is 1.56. The first-order valence-electron chi connectivity index (χ1n) is 10.7. The Morgan fingerprint density at radius 2 is 1.83 bits per heavy atom. The molecular weight excluding hydrogens is 486 g/mol. The Hall–Kier alpha value is -3.60. The van der Waals surface area contributed by atoms with Gasteiger partial charge in [0.05, 0.1) is 22.1 Å². The monoisotopic (exact) mass is 509 g/mol. The summed E-state index contributed by atoms with van der Waals surface area (Å²) in [6.45, 7) is 6.56. The molecule has 1 aliphatic heterocycles. The van der Waals surface area contributed by atoms with Crippen molar-refractivity contribution in [3.63, 3.8) is 0 Å². The highest BCUT2D eigenvalue weighted by Gasteiger charge is 2.33. The second-order valence-corrected chi connectivity index (χ2v) is 9.98. The van der Waals surface area contributed by atoms with E-state index < -0.39 is 10.0 Å². The first-order valence-corrected chi connectivity index (χ1v) is 13.0. The number of sulfonamides is 1. The van der Waals surface area contributed by atoms with Crippen molar-refractivity contribution in [1.29, 1.82) is 0 Å². The van der Waals surface area contributed by atoms with E-state index in [9.17, 15) is 13.2 Å². The molecule has 0 bridgehead atoms. The smallest absolute Gasteiger partial charge is 0.267 e. The number of aliphatic imine (C=N–C) groups is 1. The van der Waals surface area contributed by atoms with Crippen LogP contribution in [0.3, 0.4) is 0 Å². The average Bonchev–Trinajstić information content (AvgIpc) is 3.41. The van der Waals surface area contributed by atoms with Crippen LogP contribution in [0.25, 0.3) is 17.4 Å². The lowest BCUT2D eigenvalue weighted by molar-refractivity contribution is -0.121. The molecule has 0 unspecified atom stereocenters. The topological polar surface area (TPSA) is 115 Å². The molecule has 2 aromatic carbocycles. The van der Waals surface area contributed by atoms with E-state index in [-0.39, 0.29) is 10.8 Å². The number of ether oxygens (including phenoxy) is 1. The minimum atomic E-state index is -3.77.